The summed E-state index contributed by atoms with van der Waals surface area (Å²) in [5, 5.41) is 19.4. The minimum absolute atomic E-state index is 0.0168. The zero-order chi connectivity index (χ0) is 11.8. The topological polar surface area (TPSA) is 95.9 Å². The Morgan fingerprint density at radius 2 is 2.07 bits per heavy atom. The van der Waals surface area contributed by atoms with Crippen molar-refractivity contribution in [1.29, 1.82) is 0 Å². The van der Waals surface area contributed by atoms with Crippen molar-refractivity contribution in [2.75, 3.05) is 20.3 Å². The highest BCUT2D eigenvalue weighted by atomic mass is 16.5. The monoisotopic (exact) mass is 219 g/mol. The third-order valence-electron chi connectivity index (χ3n) is 1.80. The molecule has 0 aromatic rings. The maximum absolute atomic E-state index is 11.3. The molecule has 0 saturated carbocycles. The molecule has 0 aliphatic heterocycles. The molecule has 0 rings (SSSR count). The van der Waals surface area contributed by atoms with Crippen LogP contribution in [0.3, 0.4) is 0 Å². The number of aliphatic hydroxyl groups is 1. The molecule has 0 aliphatic carbocycles. The molecular formula is C9H17NO5. The van der Waals surface area contributed by atoms with Gasteiger partial charge in [0.15, 0.2) is 0 Å². The van der Waals surface area contributed by atoms with Crippen molar-refractivity contribution in [2.24, 2.45) is 5.92 Å². The Hall–Kier alpha value is -1.14. The number of hydrogen-bond donors (Lipinski definition) is 3. The van der Waals surface area contributed by atoms with E-state index < -0.39 is 24.5 Å². The average molecular weight is 219 g/mol. The molecule has 3 N–H and O–H groups in total. The maximum atomic E-state index is 11.3. The van der Waals surface area contributed by atoms with E-state index in [9.17, 15) is 9.59 Å². The zero-order valence-corrected chi connectivity index (χ0v) is 8.90. The van der Waals surface area contributed by atoms with Crippen LogP contribution in [0, 0.1) is 5.92 Å². The fraction of sp³-hybridized carbons (Fsp3) is 0.778. The highest BCUT2D eigenvalue weighted by Gasteiger charge is 2.19. The molecule has 88 valence electrons. The van der Waals surface area contributed by atoms with Crippen LogP contribution in [0.15, 0.2) is 0 Å². The molecule has 0 aromatic carbocycles. The Morgan fingerprint density at radius 3 is 2.47 bits per heavy atom. The molecule has 0 bridgehead atoms. The molecule has 1 unspecified atom stereocenters. The van der Waals surface area contributed by atoms with Crippen molar-refractivity contribution in [1.82, 2.24) is 5.32 Å². The minimum Gasteiger partial charge on any atom is -0.480 e. The normalized spacial score (nSPS) is 14.3. The SMILES string of the molecule is COCC(C)CC(=O)N[C@H](CO)C(=O)O. The summed E-state index contributed by atoms with van der Waals surface area (Å²) in [5.74, 6) is -1.63. The molecule has 1 amide bonds. The highest BCUT2D eigenvalue weighted by Crippen LogP contribution is 2.01. The molecule has 15 heavy (non-hydrogen) atoms. The van der Waals surface area contributed by atoms with Crippen LogP contribution in [-0.4, -0.2) is 48.5 Å². The van der Waals surface area contributed by atoms with Crippen molar-refractivity contribution in [2.45, 2.75) is 19.4 Å². The number of methoxy groups -OCH3 is 1. The van der Waals surface area contributed by atoms with Crippen LogP contribution in [0.5, 0.6) is 0 Å². The largest absolute Gasteiger partial charge is 0.480 e. The molecule has 0 aromatic heterocycles. The number of hydrogen-bond acceptors (Lipinski definition) is 4. The van der Waals surface area contributed by atoms with Crippen molar-refractivity contribution in [3.8, 4) is 0 Å². The number of aliphatic hydroxyl groups excluding tert-OH is 1. The first-order valence-electron chi connectivity index (χ1n) is 4.63. The van der Waals surface area contributed by atoms with Crippen LogP contribution in [0.25, 0.3) is 0 Å². The fourth-order valence-electron chi connectivity index (χ4n) is 1.10. The first-order valence-corrected chi connectivity index (χ1v) is 4.63. The fourth-order valence-corrected chi connectivity index (χ4v) is 1.10. The summed E-state index contributed by atoms with van der Waals surface area (Å²) in [5.41, 5.74) is 0. The van der Waals surface area contributed by atoms with Gasteiger partial charge in [0.1, 0.15) is 6.04 Å². The van der Waals surface area contributed by atoms with Crippen LogP contribution in [0.1, 0.15) is 13.3 Å². The lowest BCUT2D eigenvalue weighted by Crippen LogP contribution is -2.43. The average Bonchev–Trinajstić information content (AvgIpc) is 2.13. The van der Waals surface area contributed by atoms with E-state index in [1.807, 2.05) is 6.92 Å². The molecule has 6 heteroatoms. The van der Waals surface area contributed by atoms with E-state index in [2.05, 4.69) is 5.32 Å². The summed E-state index contributed by atoms with van der Waals surface area (Å²) >= 11 is 0. The van der Waals surface area contributed by atoms with Gasteiger partial charge in [0, 0.05) is 20.1 Å². The Labute approximate surface area is 88.2 Å². The van der Waals surface area contributed by atoms with E-state index >= 15 is 0 Å². The Kier molecular flexibility index (Phi) is 6.64. The van der Waals surface area contributed by atoms with Gasteiger partial charge in [-0.25, -0.2) is 4.79 Å². The van der Waals surface area contributed by atoms with E-state index in [0.29, 0.717) is 6.61 Å². The lowest BCUT2D eigenvalue weighted by molar-refractivity contribution is -0.143. The summed E-state index contributed by atoms with van der Waals surface area (Å²) in [7, 11) is 1.53. The van der Waals surface area contributed by atoms with Crippen LogP contribution in [0.4, 0.5) is 0 Å². The van der Waals surface area contributed by atoms with Gasteiger partial charge in [-0.3, -0.25) is 4.79 Å². The van der Waals surface area contributed by atoms with Crippen LogP contribution >= 0.6 is 0 Å². The van der Waals surface area contributed by atoms with Crippen molar-refractivity contribution < 1.29 is 24.5 Å². The van der Waals surface area contributed by atoms with Gasteiger partial charge < -0.3 is 20.3 Å². The minimum atomic E-state index is -1.25. The first-order chi connectivity index (χ1) is 7.01. The number of carboxylic acid groups (broad SMARTS) is 1. The third-order valence-corrected chi connectivity index (χ3v) is 1.80. The molecule has 6 nitrogen and oxygen atoms in total. The second-order valence-corrected chi connectivity index (χ2v) is 3.41. The first kappa shape index (κ1) is 13.9. The van der Waals surface area contributed by atoms with E-state index in [-0.39, 0.29) is 12.3 Å². The molecule has 0 radical (unpaired) electrons. The van der Waals surface area contributed by atoms with Gasteiger partial charge in [-0.15, -0.1) is 0 Å². The van der Waals surface area contributed by atoms with Gasteiger partial charge in [0.2, 0.25) is 5.91 Å². The number of carboxylic acids is 1. The lowest BCUT2D eigenvalue weighted by atomic mass is 10.1. The Morgan fingerprint density at radius 1 is 1.47 bits per heavy atom. The van der Waals surface area contributed by atoms with Crippen LogP contribution in [0.2, 0.25) is 0 Å². The summed E-state index contributed by atoms with van der Waals surface area (Å²) in [6, 6.07) is -1.23. The molecule has 0 aliphatic rings. The zero-order valence-electron chi connectivity index (χ0n) is 8.90. The van der Waals surface area contributed by atoms with Gasteiger partial charge in [0.05, 0.1) is 6.61 Å². The van der Waals surface area contributed by atoms with Gasteiger partial charge >= 0.3 is 5.97 Å². The second-order valence-electron chi connectivity index (χ2n) is 3.41. The summed E-state index contributed by atoms with van der Waals surface area (Å²) in [6.07, 6.45) is 0.178. The van der Waals surface area contributed by atoms with Gasteiger partial charge in [-0.1, -0.05) is 6.92 Å². The molecule has 0 spiro atoms. The highest BCUT2D eigenvalue weighted by molar-refractivity contribution is 5.83. The van der Waals surface area contributed by atoms with E-state index in [1.54, 1.807) is 0 Å². The number of nitrogens with one attached hydrogen (secondary N) is 1. The summed E-state index contributed by atoms with van der Waals surface area (Å²) in [6.45, 7) is 1.64. The number of carbonyl (C=O) groups is 2. The van der Waals surface area contributed by atoms with Crippen molar-refractivity contribution in [3.63, 3.8) is 0 Å². The van der Waals surface area contributed by atoms with Gasteiger partial charge in [0.25, 0.3) is 0 Å². The quantitative estimate of drug-likeness (QED) is 0.522. The number of rotatable bonds is 7. The van der Waals surface area contributed by atoms with Gasteiger partial charge in [-0.2, -0.15) is 0 Å². The second kappa shape index (κ2) is 7.19. The van der Waals surface area contributed by atoms with Crippen molar-refractivity contribution >= 4 is 11.9 Å². The van der Waals surface area contributed by atoms with Crippen LogP contribution < -0.4 is 5.32 Å². The van der Waals surface area contributed by atoms with E-state index in [4.69, 9.17) is 14.9 Å². The number of carbonyl (C=O) groups excluding carboxylic acids is 1. The van der Waals surface area contributed by atoms with E-state index in [1.165, 1.54) is 7.11 Å². The summed E-state index contributed by atoms with van der Waals surface area (Å²) in [4.78, 5) is 21.7. The van der Waals surface area contributed by atoms with Crippen LogP contribution in [-0.2, 0) is 14.3 Å². The number of aliphatic carboxylic acids is 1. The smallest absolute Gasteiger partial charge is 0.328 e. The predicted molar refractivity (Wildman–Crippen MR) is 52.3 cm³/mol. The maximum Gasteiger partial charge on any atom is 0.328 e. The lowest BCUT2D eigenvalue weighted by Gasteiger charge is -2.14. The molecular weight excluding hydrogens is 202 g/mol. The van der Waals surface area contributed by atoms with Gasteiger partial charge in [-0.05, 0) is 5.92 Å². The van der Waals surface area contributed by atoms with Crippen molar-refractivity contribution in [3.05, 3.63) is 0 Å². The molecule has 2 atom stereocenters. The molecule has 0 heterocycles. The third kappa shape index (κ3) is 6.03. The Bertz CT molecular complexity index is 219. The summed E-state index contributed by atoms with van der Waals surface area (Å²) < 4.78 is 4.84. The standard InChI is InChI=1S/C9H17NO5/c1-6(5-15-2)3-8(12)10-7(4-11)9(13)14/h6-7,11H,3-5H2,1-2H3,(H,10,12)(H,13,14)/t6?,7-/m1/s1. The molecule has 0 saturated heterocycles. The molecule has 0 fully saturated rings. The number of ether oxygens (including phenoxy) is 1. The predicted octanol–water partition coefficient (Wildman–Crippen LogP) is -0.779. The van der Waals surface area contributed by atoms with E-state index in [0.717, 1.165) is 0 Å². The Balaban J connectivity index is 3.96. The number of amides is 1.